The van der Waals surface area contributed by atoms with Crippen molar-refractivity contribution < 1.29 is 9.59 Å². The first-order valence-corrected chi connectivity index (χ1v) is 7.24. The average molecular weight is 288 g/mol. The molecule has 0 spiro atoms. The van der Waals surface area contributed by atoms with Gasteiger partial charge in [0.05, 0.1) is 12.1 Å². The average Bonchev–Trinajstić information content (AvgIpc) is 3.00. The molecule has 6 heteroatoms. The van der Waals surface area contributed by atoms with Crippen molar-refractivity contribution in [2.45, 2.75) is 31.5 Å². The van der Waals surface area contributed by atoms with Gasteiger partial charge in [-0.3, -0.25) is 9.78 Å². The molecule has 2 aliphatic heterocycles. The lowest BCUT2D eigenvalue weighted by atomic mass is 10.1. The number of carbonyl (C=O) groups excluding carboxylic acids is 2. The predicted molar refractivity (Wildman–Crippen MR) is 77.4 cm³/mol. The molecule has 0 aromatic carbocycles. The molecular formula is C15H20N4O2. The van der Waals surface area contributed by atoms with Crippen molar-refractivity contribution in [2.24, 2.45) is 0 Å². The van der Waals surface area contributed by atoms with Gasteiger partial charge in [-0.2, -0.15) is 0 Å². The summed E-state index contributed by atoms with van der Waals surface area (Å²) in [5.74, 6) is 0.137. The molecule has 0 unspecified atom stereocenters. The van der Waals surface area contributed by atoms with Crippen LogP contribution in [0.1, 0.15) is 18.4 Å². The standard InChI is InChI=1S/C15H20N4O2/c1-17(2)15(21)18-8-5-12-13(18)9-14(20)19(12)10-11-3-6-16-7-4-11/h3-4,6-7,12-13H,5,8-10H2,1-2H3/t12-,13+/m1/s1. The largest absolute Gasteiger partial charge is 0.333 e. The topological polar surface area (TPSA) is 56.8 Å². The maximum Gasteiger partial charge on any atom is 0.319 e. The van der Waals surface area contributed by atoms with Crippen LogP contribution < -0.4 is 0 Å². The molecule has 2 aliphatic rings. The van der Waals surface area contributed by atoms with E-state index in [0.717, 1.165) is 18.5 Å². The van der Waals surface area contributed by atoms with E-state index in [0.29, 0.717) is 13.0 Å². The fourth-order valence-electron chi connectivity index (χ4n) is 3.31. The van der Waals surface area contributed by atoms with Crippen molar-refractivity contribution in [3.8, 4) is 0 Å². The van der Waals surface area contributed by atoms with E-state index < -0.39 is 0 Å². The molecule has 112 valence electrons. The van der Waals surface area contributed by atoms with Gasteiger partial charge >= 0.3 is 6.03 Å². The number of hydrogen-bond acceptors (Lipinski definition) is 3. The first kappa shape index (κ1) is 13.9. The van der Waals surface area contributed by atoms with Gasteiger partial charge in [-0.15, -0.1) is 0 Å². The number of carbonyl (C=O) groups is 2. The Labute approximate surface area is 124 Å². The third kappa shape index (κ3) is 2.46. The van der Waals surface area contributed by atoms with E-state index in [1.807, 2.05) is 21.9 Å². The van der Waals surface area contributed by atoms with E-state index in [1.165, 1.54) is 0 Å². The van der Waals surface area contributed by atoms with Crippen LogP contribution in [-0.2, 0) is 11.3 Å². The summed E-state index contributed by atoms with van der Waals surface area (Å²) in [6, 6.07) is 4.03. The second kappa shape index (κ2) is 5.35. The number of nitrogens with zero attached hydrogens (tertiary/aromatic N) is 4. The van der Waals surface area contributed by atoms with Crippen LogP contribution in [0.5, 0.6) is 0 Å². The first-order valence-electron chi connectivity index (χ1n) is 7.24. The lowest BCUT2D eigenvalue weighted by Crippen LogP contribution is -2.44. The fraction of sp³-hybridized carbons (Fsp3) is 0.533. The summed E-state index contributed by atoms with van der Waals surface area (Å²) in [6.45, 7) is 1.33. The van der Waals surface area contributed by atoms with Crippen LogP contribution in [0.15, 0.2) is 24.5 Å². The molecule has 3 heterocycles. The Kier molecular flexibility index (Phi) is 3.53. The highest BCUT2D eigenvalue weighted by atomic mass is 16.2. The monoisotopic (exact) mass is 288 g/mol. The van der Waals surface area contributed by atoms with Crippen LogP contribution in [0.3, 0.4) is 0 Å². The molecular weight excluding hydrogens is 268 g/mol. The molecule has 2 saturated heterocycles. The minimum absolute atomic E-state index is 0.000983. The van der Waals surface area contributed by atoms with Gasteiger partial charge in [-0.25, -0.2) is 4.79 Å². The zero-order valence-corrected chi connectivity index (χ0v) is 12.4. The molecule has 2 fully saturated rings. The number of likely N-dealkylation sites (tertiary alicyclic amines) is 2. The number of pyridine rings is 1. The highest BCUT2D eigenvalue weighted by Gasteiger charge is 2.48. The molecule has 3 rings (SSSR count). The summed E-state index contributed by atoms with van der Waals surface area (Å²) in [7, 11) is 3.50. The molecule has 0 N–H and O–H groups in total. The summed E-state index contributed by atoms with van der Waals surface area (Å²) < 4.78 is 0. The molecule has 1 aromatic heterocycles. The Morgan fingerprint density at radius 3 is 2.71 bits per heavy atom. The maximum absolute atomic E-state index is 12.3. The molecule has 21 heavy (non-hydrogen) atoms. The van der Waals surface area contributed by atoms with Crippen LogP contribution in [0, 0.1) is 0 Å². The Morgan fingerprint density at radius 1 is 1.33 bits per heavy atom. The lowest BCUT2D eigenvalue weighted by molar-refractivity contribution is -0.129. The molecule has 0 radical (unpaired) electrons. The summed E-state index contributed by atoms with van der Waals surface area (Å²) >= 11 is 0. The van der Waals surface area contributed by atoms with Crippen LogP contribution in [0.25, 0.3) is 0 Å². The Morgan fingerprint density at radius 2 is 2.05 bits per heavy atom. The predicted octanol–water partition coefficient (Wildman–Crippen LogP) is 0.938. The van der Waals surface area contributed by atoms with E-state index in [-0.39, 0.29) is 24.0 Å². The second-order valence-electron chi connectivity index (χ2n) is 5.87. The van der Waals surface area contributed by atoms with E-state index in [2.05, 4.69) is 4.98 Å². The highest BCUT2D eigenvalue weighted by Crippen LogP contribution is 2.33. The van der Waals surface area contributed by atoms with Gasteiger partial charge in [0, 0.05) is 46.0 Å². The number of amides is 3. The molecule has 2 atom stereocenters. The van der Waals surface area contributed by atoms with E-state index in [1.54, 1.807) is 31.4 Å². The molecule has 3 amide bonds. The van der Waals surface area contributed by atoms with Gasteiger partial charge in [0.15, 0.2) is 0 Å². The highest BCUT2D eigenvalue weighted by molar-refractivity contribution is 5.83. The molecule has 0 bridgehead atoms. The van der Waals surface area contributed by atoms with Crippen molar-refractivity contribution >= 4 is 11.9 Å². The van der Waals surface area contributed by atoms with E-state index in [4.69, 9.17) is 0 Å². The summed E-state index contributed by atoms with van der Waals surface area (Å²) in [4.78, 5) is 33.8. The first-order chi connectivity index (χ1) is 10.1. The van der Waals surface area contributed by atoms with Crippen LogP contribution in [-0.4, -0.2) is 64.3 Å². The van der Waals surface area contributed by atoms with Crippen LogP contribution >= 0.6 is 0 Å². The van der Waals surface area contributed by atoms with Gasteiger partial charge in [0.2, 0.25) is 5.91 Å². The van der Waals surface area contributed by atoms with Gasteiger partial charge < -0.3 is 14.7 Å². The van der Waals surface area contributed by atoms with Crippen molar-refractivity contribution in [1.29, 1.82) is 0 Å². The van der Waals surface area contributed by atoms with Gasteiger partial charge in [0.1, 0.15) is 0 Å². The normalized spacial score (nSPS) is 24.4. The zero-order chi connectivity index (χ0) is 15.0. The van der Waals surface area contributed by atoms with Crippen molar-refractivity contribution in [3.05, 3.63) is 30.1 Å². The molecule has 6 nitrogen and oxygen atoms in total. The second-order valence-corrected chi connectivity index (χ2v) is 5.87. The number of hydrogen-bond donors (Lipinski definition) is 0. The van der Waals surface area contributed by atoms with E-state index in [9.17, 15) is 9.59 Å². The third-order valence-corrected chi connectivity index (χ3v) is 4.35. The zero-order valence-electron chi connectivity index (χ0n) is 12.4. The Hall–Kier alpha value is -2.11. The van der Waals surface area contributed by atoms with Gasteiger partial charge in [-0.1, -0.05) is 0 Å². The Bertz CT molecular complexity index is 546. The number of urea groups is 1. The summed E-state index contributed by atoms with van der Waals surface area (Å²) in [5.41, 5.74) is 1.08. The van der Waals surface area contributed by atoms with Crippen molar-refractivity contribution in [2.75, 3.05) is 20.6 Å². The van der Waals surface area contributed by atoms with Crippen molar-refractivity contribution in [1.82, 2.24) is 19.7 Å². The van der Waals surface area contributed by atoms with Crippen LogP contribution in [0.4, 0.5) is 4.79 Å². The quantitative estimate of drug-likeness (QED) is 0.814. The Balaban J connectivity index is 1.75. The summed E-state index contributed by atoms with van der Waals surface area (Å²) in [6.07, 6.45) is 4.78. The molecule has 1 aromatic rings. The third-order valence-electron chi connectivity index (χ3n) is 4.35. The molecule has 0 saturated carbocycles. The van der Waals surface area contributed by atoms with Crippen LogP contribution in [0.2, 0.25) is 0 Å². The fourth-order valence-corrected chi connectivity index (χ4v) is 3.31. The number of rotatable bonds is 2. The maximum atomic E-state index is 12.3. The molecule has 0 aliphatic carbocycles. The lowest BCUT2D eigenvalue weighted by Gasteiger charge is -2.27. The smallest absolute Gasteiger partial charge is 0.319 e. The summed E-state index contributed by atoms with van der Waals surface area (Å²) in [5, 5.41) is 0. The minimum Gasteiger partial charge on any atom is -0.333 e. The van der Waals surface area contributed by atoms with Crippen molar-refractivity contribution in [3.63, 3.8) is 0 Å². The van der Waals surface area contributed by atoms with E-state index >= 15 is 0 Å². The SMILES string of the molecule is CN(C)C(=O)N1CC[C@@H]2[C@@H]1CC(=O)N2Cc1ccncc1. The minimum atomic E-state index is 0.000983. The number of aromatic nitrogens is 1. The van der Waals surface area contributed by atoms with Gasteiger partial charge in [0.25, 0.3) is 0 Å². The van der Waals surface area contributed by atoms with Gasteiger partial charge in [-0.05, 0) is 24.1 Å². The number of fused-ring (bicyclic) bond motifs is 1.